The van der Waals surface area contributed by atoms with E-state index in [1.165, 1.54) is 21.7 Å². The van der Waals surface area contributed by atoms with Gasteiger partial charge in [-0.1, -0.05) is 30.3 Å². The Kier molecular flexibility index (Phi) is 4.73. The fraction of sp³-hybridized carbons (Fsp3) is 0.286. The quantitative estimate of drug-likeness (QED) is 0.769. The molecular formula is C21H22N4O2. The molecule has 1 N–H and O–H groups in total. The summed E-state index contributed by atoms with van der Waals surface area (Å²) in [6, 6.07) is 13.7. The van der Waals surface area contributed by atoms with Crippen LogP contribution < -0.4 is 10.9 Å². The monoisotopic (exact) mass is 362 g/mol. The molecule has 27 heavy (non-hydrogen) atoms. The molecule has 0 bridgehead atoms. The van der Waals surface area contributed by atoms with E-state index in [0.717, 1.165) is 26.1 Å². The molecule has 4 rings (SSSR count). The van der Waals surface area contributed by atoms with E-state index in [1.54, 1.807) is 24.4 Å². The number of nitrogens with zero attached hydrogens (tertiary/aromatic N) is 3. The van der Waals surface area contributed by atoms with Crippen molar-refractivity contribution in [3.05, 3.63) is 81.9 Å². The molecule has 0 saturated carbocycles. The van der Waals surface area contributed by atoms with Gasteiger partial charge in [0.25, 0.3) is 11.5 Å². The van der Waals surface area contributed by atoms with Crippen LogP contribution in [-0.4, -0.2) is 39.3 Å². The number of carbonyl (C=O) groups excluding carboxylic acids is 1. The molecule has 2 aromatic heterocycles. The molecule has 0 aliphatic carbocycles. The van der Waals surface area contributed by atoms with Crippen LogP contribution in [0, 0.1) is 0 Å². The topological polar surface area (TPSA) is 66.7 Å². The molecule has 1 aliphatic rings. The first-order valence-corrected chi connectivity index (χ1v) is 9.18. The fourth-order valence-corrected chi connectivity index (χ4v) is 3.63. The van der Waals surface area contributed by atoms with Crippen LogP contribution in [-0.2, 0) is 13.0 Å². The second kappa shape index (κ2) is 7.32. The highest BCUT2D eigenvalue weighted by Gasteiger charge is 2.20. The largest absolute Gasteiger partial charge is 0.348 e. The maximum Gasteiger partial charge on any atom is 0.270 e. The van der Waals surface area contributed by atoms with Gasteiger partial charge in [-0.3, -0.25) is 18.9 Å². The Hall–Kier alpha value is -2.99. The Morgan fingerprint density at radius 3 is 2.81 bits per heavy atom. The van der Waals surface area contributed by atoms with Crippen LogP contribution in [0.15, 0.2) is 59.7 Å². The summed E-state index contributed by atoms with van der Waals surface area (Å²) < 4.78 is 1.39. The lowest BCUT2D eigenvalue weighted by atomic mass is 9.99. The first-order valence-electron chi connectivity index (χ1n) is 9.18. The van der Waals surface area contributed by atoms with Crippen LogP contribution in [0.25, 0.3) is 5.65 Å². The van der Waals surface area contributed by atoms with Gasteiger partial charge in [0.2, 0.25) is 0 Å². The van der Waals surface area contributed by atoms with Gasteiger partial charge in [-0.15, -0.1) is 0 Å². The second-order valence-corrected chi connectivity index (χ2v) is 7.03. The number of nitrogens with one attached hydrogen (secondary N) is 1. The summed E-state index contributed by atoms with van der Waals surface area (Å²) in [5.74, 6) is -0.379. The Morgan fingerprint density at radius 2 is 1.96 bits per heavy atom. The fourth-order valence-electron chi connectivity index (χ4n) is 3.63. The second-order valence-electron chi connectivity index (χ2n) is 7.03. The molecular weight excluding hydrogens is 340 g/mol. The van der Waals surface area contributed by atoms with Crippen molar-refractivity contribution in [2.75, 3.05) is 13.1 Å². The maximum absolute atomic E-state index is 12.6. The summed E-state index contributed by atoms with van der Waals surface area (Å²) in [6.45, 7) is 4.56. The SMILES string of the molecule is C[C@@H](CN1CCc2ccccc2C1)NC(=O)c1cnc2ccccn2c1=O. The molecule has 3 heterocycles. The third kappa shape index (κ3) is 3.61. The number of rotatable bonds is 4. The van der Waals surface area contributed by atoms with E-state index < -0.39 is 0 Å². The summed E-state index contributed by atoms with van der Waals surface area (Å²) in [5.41, 5.74) is 2.99. The van der Waals surface area contributed by atoms with Gasteiger partial charge in [0, 0.05) is 38.1 Å². The van der Waals surface area contributed by atoms with Crippen molar-refractivity contribution in [3.8, 4) is 0 Å². The Morgan fingerprint density at radius 1 is 1.19 bits per heavy atom. The molecule has 0 spiro atoms. The molecule has 138 valence electrons. The van der Waals surface area contributed by atoms with Gasteiger partial charge in [-0.25, -0.2) is 4.98 Å². The van der Waals surface area contributed by atoms with Crippen molar-refractivity contribution >= 4 is 11.6 Å². The molecule has 0 unspecified atom stereocenters. The van der Waals surface area contributed by atoms with Crippen LogP contribution in [0.4, 0.5) is 0 Å². The molecule has 1 atom stereocenters. The summed E-state index contributed by atoms with van der Waals surface area (Å²) in [7, 11) is 0. The van der Waals surface area contributed by atoms with Crippen molar-refractivity contribution in [3.63, 3.8) is 0 Å². The van der Waals surface area contributed by atoms with Crippen LogP contribution in [0.2, 0.25) is 0 Å². The number of amides is 1. The van der Waals surface area contributed by atoms with Gasteiger partial charge >= 0.3 is 0 Å². The van der Waals surface area contributed by atoms with Gasteiger partial charge in [0.15, 0.2) is 0 Å². The molecule has 1 aliphatic heterocycles. The highest BCUT2D eigenvalue weighted by molar-refractivity contribution is 5.93. The van der Waals surface area contributed by atoms with E-state index in [4.69, 9.17) is 0 Å². The van der Waals surface area contributed by atoms with E-state index in [9.17, 15) is 9.59 Å². The lowest BCUT2D eigenvalue weighted by molar-refractivity contribution is 0.0925. The first kappa shape index (κ1) is 17.4. The molecule has 0 fully saturated rings. The summed E-state index contributed by atoms with van der Waals surface area (Å²) >= 11 is 0. The number of pyridine rings is 1. The van der Waals surface area contributed by atoms with Crippen molar-refractivity contribution in [2.45, 2.75) is 25.9 Å². The highest BCUT2D eigenvalue weighted by atomic mass is 16.2. The summed E-state index contributed by atoms with van der Waals surface area (Å²) in [6.07, 6.45) is 4.00. The Balaban J connectivity index is 1.43. The average molecular weight is 362 g/mol. The molecule has 0 saturated heterocycles. The zero-order valence-corrected chi connectivity index (χ0v) is 15.3. The number of hydrogen-bond acceptors (Lipinski definition) is 4. The molecule has 3 aromatic rings. The van der Waals surface area contributed by atoms with Crippen LogP contribution in [0.1, 0.15) is 28.4 Å². The van der Waals surface area contributed by atoms with Crippen LogP contribution >= 0.6 is 0 Å². The lowest BCUT2D eigenvalue weighted by Crippen LogP contribution is -2.44. The zero-order chi connectivity index (χ0) is 18.8. The van der Waals surface area contributed by atoms with E-state index in [2.05, 4.69) is 39.5 Å². The molecule has 1 aromatic carbocycles. The van der Waals surface area contributed by atoms with Crippen molar-refractivity contribution < 1.29 is 4.79 Å². The molecule has 1 amide bonds. The van der Waals surface area contributed by atoms with E-state index in [-0.39, 0.29) is 23.1 Å². The number of hydrogen-bond donors (Lipinski definition) is 1. The number of aromatic nitrogens is 2. The minimum Gasteiger partial charge on any atom is -0.348 e. The Labute approximate surface area is 157 Å². The van der Waals surface area contributed by atoms with E-state index >= 15 is 0 Å². The predicted octanol–water partition coefficient (Wildman–Crippen LogP) is 1.87. The number of benzene rings is 1. The first-order chi connectivity index (χ1) is 13.1. The van der Waals surface area contributed by atoms with Crippen molar-refractivity contribution in [1.29, 1.82) is 0 Å². The van der Waals surface area contributed by atoms with Crippen LogP contribution in [0.3, 0.4) is 0 Å². The predicted molar refractivity (Wildman–Crippen MR) is 104 cm³/mol. The summed E-state index contributed by atoms with van der Waals surface area (Å²) in [4.78, 5) is 31.6. The Bertz CT molecular complexity index is 1040. The number of carbonyl (C=O) groups is 1. The normalized spacial score (nSPS) is 15.3. The minimum atomic E-state index is -0.379. The zero-order valence-electron chi connectivity index (χ0n) is 15.3. The third-order valence-electron chi connectivity index (χ3n) is 4.98. The standard InChI is InChI=1S/C21H22N4O2/c1-15(13-24-11-9-16-6-2-3-7-17(16)14-24)23-20(26)18-12-22-19-8-4-5-10-25(19)21(18)27/h2-8,10,12,15H,9,11,13-14H2,1H3,(H,23,26)/t15-/m0/s1. The highest BCUT2D eigenvalue weighted by Crippen LogP contribution is 2.18. The van der Waals surface area contributed by atoms with E-state index in [1.807, 2.05) is 6.92 Å². The average Bonchev–Trinajstić information content (AvgIpc) is 2.68. The smallest absolute Gasteiger partial charge is 0.270 e. The lowest BCUT2D eigenvalue weighted by Gasteiger charge is -2.31. The van der Waals surface area contributed by atoms with Gasteiger partial charge in [0.05, 0.1) is 0 Å². The van der Waals surface area contributed by atoms with Gasteiger partial charge < -0.3 is 5.32 Å². The molecule has 6 heteroatoms. The maximum atomic E-state index is 12.6. The van der Waals surface area contributed by atoms with Gasteiger partial charge in [0.1, 0.15) is 11.2 Å². The van der Waals surface area contributed by atoms with Gasteiger partial charge in [-0.2, -0.15) is 0 Å². The van der Waals surface area contributed by atoms with Gasteiger partial charge in [-0.05, 0) is 36.6 Å². The summed E-state index contributed by atoms with van der Waals surface area (Å²) in [5, 5.41) is 2.94. The van der Waals surface area contributed by atoms with Crippen molar-refractivity contribution in [1.82, 2.24) is 19.6 Å². The molecule has 0 radical (unpaired) electrons. The van der Waals surface area contributed by atoms with Crippen LogP contribution in [0.5, 0.6) is 0 Å². The van der Waals surface area contributed by atoms with E-state index in [0.29, 0.717) is 5.65 Å². The number of fused-ring (bicyclic) bond motifs is 2. The van der Waals surface area contributed by atoms with Crippen molar-refractivity contribution in [2.24, 2.45) is 0 Å². The third-order valence-corrected chi connectivity index (χ3v) is 4.98. The molecule has 6 nitrogen and oxygen atoms in total. The minimum absolute atomic E-state index is 0.0644.